The molecule has 1 aromatic heterocycles. The number of hydrogen-bond acceptors (Lipinski definition) is 5. The van der Waals surface area contributed by atoms with Crippen LogP contribution in [0.4, 0.5) is 11.5 Å². The van der Waals surface area contributed by atoms with E-state index in [2.05, 4.69) is 20.4 Å². The first kappa shape index (κ1) is 13.2. The van der Waals surface area contributed by atoms with Gasteiger partial charge in [-0.05, 0) is 19.1 Å². The first-order valence-electron chi connectivity index (χ1n) is 5.36. The number of nitrogens with one attached hydrogen (secondary N) is 2. The minimum Gasteiger partial charge on any atom is -0.396 e. The molecule has 1 rings (SSSR count). The predicted octanol–water partition coefficient (Wildman–Crippen LogP) is 0.147. The standard InChI is InChI=1S/C11H18N4O2/c1-8-3-4-9(12)11(15-8)14-6-5-13-10(16)7-17-2/h3-4H,5-7,12H2,1-2H3,(H,13,16)(H,14,15). The average molecular weight is 238 g/mol. The van der Waals surface area contributed by atoms with Gasteiger partial charge < -0.3 is 21.1 Å². The second kappa shape index (κ2) is 6.70. The van der Waals surface area contributed by atoms with Gasteiger partial charge in [0, 0.05) is 25.9 Å². The second-order valence-electron chi connectivity index (χ2n) is 3.60. The van der Waals surface area contributed by atoms with E-state index in [9.17, 15) is 4.79 Å². The number of hydrogen-bond donors (Lipinski definition) is 3. The van der Waals surface area contributed by atoms with Crippen molar-refractivity contribution in [2.75, 3.05) is 37.9 Å². The maximum absolute atomic E-state index is 11.1. The largest absolute Gasteiger partial charge is 0.396 e. The lowest BCUT2D eigenvalue weighted by atomic mass is 10.3. The zero-order chi connectivity index (χ0) is 12.7. The summed E-state index contributed by atoms with van der Waals surface area (Å²) in [7, 11) is 1.48. The van der Waals surface area contributed by atoms with Gasteiger partial charge in [-0.1, -0.05) is 0 Å². The fourth-order valence-corrected chi connectivity index (χ4v) is 1.27. The van der Waals surface area contributed by atoms with E-state index in [0.717, 1.165) is 5.69 Å². The van der Waals surface area contributed by atoms with Crippen molar-refractivity contribution in [2.24, 2.45) is 0 Å². The number of aromatic nitrogens is 1. The summed E-state index contributed by atoms with van der Waals surface area (Å²) in [5, 5.41) is 5.75. The molecule has 1 heterocycles. The van der Waals surface area contributed by atoms with Crippen LogP contribution in [-0.4, -0.2) is 37.7 Å². The molecule has 0 aliphatic rings. The van der Waals surface area contributed by atoms with Crippen LogP contribution in [-0.2, 0) is 9.53 Å². The number of nitrogen functional groups attached to an aromatic ring is 1. The SMILES string of the molecule is COCC(=O)NCCNc1nc(C)ccc1N. The fraction of sp³-hybridized carbons (Fsp3) is 0.455. The summed E-state index contributed by atoms with van der Waals surface area (Å²) < 4.78 is 4.69. The Morgan fingerprint density at radius 3 is 2.94 bits per heavy atom. The van der Waals surface area contributed by atoms with E-state index in [4.69, 9.17) is 5.73 Å². The first-order chi connectivity index (χ1) is 8.13. The van der Waals surface area contributed by atoms with Gasteiger partial charge in [-0.2, -0.15) is 0 Å². The molecule has 6 nitrogen and oxygen atoms in total. The van der Waals surface area contributed by atoms with Crippen LogP contribution in [0.15, 0.2) is 12.1 Å². The molecule has 0 spiro atoms. The van der Waals surface area contributed by atoms with Crippen LogP contribution >= 0.6 is 0 Å². The highest BCUT2D eigenvalue weighted by Crippen LogP contribution is 2.14. The summed E-state index contributed by atoms with van der Waals surface area (Å²) in [5.41, 5.74) is 7.24. The number of amides is 1. The van der Waals surface area contributed by atoms with Crippen molar-refractivity contribution >= 4 is 17.4 Å². The van der Waals surface area contributed by atoms with Crippen LogP contribution in [0.2, 0.25) is 0 Å². The third kappa shape index (κ3) is 4.69. The highest BCUT2D eigenvalue weighted by Gasteiger charge is 2.01. The van der Waals surface area contributed by atoms with Crippen LogP contribution in [0.3, 0.4) is 0 Å². The molecule has 0 aliphatic heterocycles. The van der Waals surface area contributed by atoms with E-state index in [1.165, 1.54) is 7.11 Å². The molecule has 0 aliphatic carbocycles. The summed E-state index contributed by atoms with van der Waals surface area (Å²) in [6.07, 6.45) is 0. The van der Waals surface area contributed by atoms with Gasteiger partial charge in [-0.3, -0.25) is 4.79 Å². The lowest BCUT2D eigenvalue weighted by Crippen LogP contribution is -2.31. The Balaban J connectivity index is 2.31. The van der Waals surface area contributed by atoms with Gasteiger partial charge in [0.15, 0.2) is 0 Å². The molecular weight excluding hydrogens is 220 g/mol. The molecule has 0 bridgehead atoms. The van der Waals surface area contributed by atoms with E-state index in [-0.39, 0.29) is 12.5 Å². The predicted molar refractivity (Wildman–Crippen MR) is 66.8 cm³/mol. The Labute approximate surface area is 101 Å². The van der Waals surface area contributed by atoms with Gasteiger partial charge in [-0.25, -0.2) is 4.98 Å². The highest BCUT2D eigenvalue weighted by atomic mass is 16.5. The summed E-state index contributed by atoms with van der Waals surface area (Å²) in [4.78, 5) is 15.3. The van der Waals surface area contributed by atoms with Crippen molar-refractivity contribution in [1.82, 2.24) is 10.3 Å². The summed E-state index contributed by atoms with van der Waals surface area (Å²) in [6.45, 7) is 3.03. The average Bonchev–Trinajstić information content (AvgIpc) is 2.29. The maximum atomic E-state index is 11.1. The van der Waals surface area contributed by atoms with Gasteiger partial charge in [0.1, 0.15) is 12.4 Å². The number of nitrogens with zero attached hydrogens (tertiary/aromatic N) is 1. The minimum absolute atomic E-state index is 0.0742. The zero-order valence-corrected chi connectivity index (χ0v) is 10.1. The number of methoxy groups -OCH3 is 1. The van der Waals surface area contributed by atoms with Gasteiger partial charge in [0.2, 0.25) is 5.91 Å². The topological polar surface area (TPSA) is 89.3 Å². The van der Waals surface area contributed by atoms with E-state index in [1.807, 2.05) is 13.0 Å². The van der Waals surface area contributed by atoms with Crippen molar-refractivity contribution in [3.8, 4) is 0 Å². The van der Waals surface area contributed by atoms with Crippen LogP contribution < -0.4 is 16.4 Å². The van der Waals surface area contributed by atoms with Gasteiger partial charge in [0.05, 0.1) is 5.69 Å². The maximum Gasteiger partial charge on any atom is 0.246 e. The summed E-state index contributed by atoms with van der Waals surface area (Å²) in [6, 6.07) is 3.65. The lowest BCUT2D eigenvalue weighted by Gasteiger charge is -2.09. The van der Waals surface area contributed by atoms with Crippen LogP contribution in [0.5, 0.6) is 0 Å². The monoisotopic (exact) mass is 238 g/mol. The fourth-order valence-electron chi connectivity index (χ4n) is 1.27. The molecule has 6 heteroatoms. The molecule has 0 radical (unpaired) electrons. The first-order valence-corrected chi connectivity index (χ1v) is 5.36. The molecule has 1 aromatic rings. The van der Waals surface area contributed by atoms with E-state index in [0.29, 0.717) is 24.6 Å². The van der Waals surface area contributed by atoms with E-state index >= 15 is 0 Å². The van der Waals surface area contributed by atoms with Gasteiger partial charge >= 0.3 is 0 Å². The Kier molecular flexibility index (Phi) is 5.22. The minimum atomic E-state index is -0.139. The van der Waals surface area contributed by atoms with Gasteiger partial charge in [0.25, 0.3) is 0 Å². The molecule has 0 unspecified atom stereocenters. The van der Waals surface area contributed by atoms with Crippen molar-refractivity contribution < 1.29 is 9.53 Å². The third-order valence-electron chi connectivity index (χ3n) is 2.08. The molecule has 17 heavy (non-hydrogen) atoms. The summed E-state index contributed by atoms with van der Waals surface area (Å²) >= 11 is 0. The third-order valence-corrected chi connectivity index (χ3v) is 2.08. The van der Waals surface area contributed by atoms with Crippen LogP contribution in [0, 0.1) is 6.92 Å². The van der Waals surface area contributed by atoms with Crippen molar-refractivity contribution in [3.05, 3.63) is 17.8 Å². The number of ether oxygens (including phenoxy) is 1. The summed E-state index contributed by atoms with van der Waals surface area (Å²) in [5.74, 6) is 0.505. The zero-order valence-electron chi connectivity index (χ0n) is 10.1. The van der Waals surface area contributed by atoms with Crippen molar-refractivity contribution in [1.29, 1.82) is 0 Å². The Hall–Kier alpha value is -1.82. The normalized spacial score (nSPS) is 10.0. The molecule has 0 atom stereocenters. The number of rotatable bonds is 6. The Morgan fingerprint density at radius 2 is 2.24 bits per heavy atom. The van der Waals surface area contributed by atoms with E-state index in [1.54, 1.807) is 6.07 Å². The Morgan fingerprint density at radius 1 is 1.47 bits per heavy atom. The highest BCUT2D eigenvalue weighted by molar-refractivity contribution is 5.77. The Bertz CT molecular complexity index is 382. The number of carbonyl (C=O) groups excluding carboxylic acids is 1. The number of aryl methyl sites for hydroxylation is 1. The molecule has 0 aromatic carbocycles. The van der Waals surface area contributed by atoms with Crippen molar-refractivity contribution in [2.45, 2.75) is 6.92 Å². The smallest absolute Gasteiger partial charge is 0.246 e. The van der Waals surface area contributed by atoms with Crippen LogP contribution in [0.1, 0.15) is 5.69 Å². The molecular formula is C11H18N4O2. The second-order valence-corrected chi connectivity index (χ2v) is 3.60. The van der Waals surface area contributed by atoms with Crippen LogP contribution in [0.25, 0.3) is 0 Å². The van der Waals surface area contributed by atoms with E-state index < -0.39 is 0 Å². The molecule has 0 saturated heterocycles. The number of pyridine rings is 1. The number of anilines is 2. The van der Waals surface area contributed by atoms with Crippen molar-refractivity contribution in [3.63, 3.8) is 0 Å². The lowest BCUT2D eigenvalue weighted by molar-refractivity contribution is -0.124. The molecule has 0 saturated carbocycles. The van der Waals surface area contributed by atoms with Gasteiger partial charge in [-0.15, -0.1) is 0 Å². The molecule has 4 N–H and O–H groups in total. The number of nitrogens with two attached hydrogens (primary N) is 1. The molecule has 94 valence electrons. The number of carbonyl (C=O) groups is 1. The molecule has 1 amide bonds. The quantitative estimate of drug-likeness (QED) is 0.614. The molecule has 0 fully saturated rings.